The molecule has 0 radical (unpaired) electrons. The van der Waals surface area contributed by atoms with Gasteiger partial charge in [0.15, 0.2) is 0 Å². The average molecular weight is 429 g/mol. The maximum absolute atomic E-state index is 12.8. The third-order valence-electron chi connectivity index (χ3n) is 4.19. The highest BCUT2D eigenvalue weighted by Gasteiger charge is 2.21. The second-order valence-electron chi connectivity index (χ2n) is 6.30. The first-order chi connectivity index (χ1) is 14.5. The summed E-state index contributed by atoms with van der Waals surface area (Å²) in [5.41, 5.74) is 1.86. The van der Waals surface area contributed by atoms with Gasteiger partial charge in [0.1, 0.15) is 16.4 Å². The molecule has 3 rings (SSSR count). The number of ether oxygens (including phenoxy) is 3. The maximum Gasteiger partial charge on any atom is 0.265 e. The lowest BCUT2D eigenvalue weighted by molar-refractivity contribution is 0.302. The lowest BCUT2D eigenvalue weighted by Crippen LogP contribution is -2.14. The van der Waals surface area contributed by atoms with Crippen molar-refractivity contribution in [3.8, 4) is 28.6 Å². The van der Waals surface area contributed by atoms with Crippen molar-refractivity contribution in [3.63, 3.8) is 0 Å². The number of benzene rings is 2. The van der Waals surface area contributed by atoms with Gasteiger partial charge in [0.2, 0.25) is 5.88 Å². The first-order valence-corrected chi connectivity index (χ1v) is 10.8. The van der Waals surface area contributed by atoms with Gasteiger partial charge in [0.05, 0.1) is 26.5 Å². The van der Waals surface area contributed by atoms with Gasteiger partial charge in [-0.05, 0) is 36.8 Å². The minimum absolute atomic E-state index is 0.0121. The molecule has 1 N–H and O–H groups in total. The van der Waals surface area contributed by atoms with Crippen LogP contribution in [0, 0.1) is 0 Å². The van der Waals surface area contributed by atoms with Crippen LogP contribution in [0.2, 0.25) is 0 Å². The Morgan fingerprint density at radius 1 is 0.933 bits per heavy atom. The number of anilines is 1. The highest BCUT2D eigenvalue weighted by atomic mass is 32.2. The van der Waals surface area contributed by atoms with E-state index in [0.717, 1.165) is 12.0 Å². The Balaban J connectivity index is 1.78. The molecule has 1 aromatic heterocycles. The largest absolute Gasteiger partial charge is 0.497 e. The minimum Gasteiger partial charge on any atom is -0.497 e. The van der Waals surface area contributed by atoms with Gasteiger partial charge in [-0.2, -0.15) is 0 Å². The number of sulfonamides is 1. The van der Waals surface area contributed by atoms with Crippen LogP contribution >= 0.6 is 0 Å². The maximum atomic E-state index is 12.8. The van der Waals surface area contributed by atoms with Crippen LogP contribution in [-0.4, -0.2) is 39.4 Å². The predicted octanol–water partition coefficient (Wildman–Crippen LogP) is 3.75. The summed E-state index contributed by atoms with van der Waals surface area (Å²) in [5.74, 6) is 1.11. The van der Waals surface area contributed by atoms with Crippen LogP contribution in [0.1, 0.15) is 13.3 Å². The van der Waals surface area contributed by atoms with Crippen LogP contribution in [0.4, 0.5) is 5.69 Å². The SMILES string of the molecule is CCCOc1ccc(-c2ccc(NS(=O)(=O)c3cc(OC)ccc3OC)cc2)nn1. The van der Waals surface area contributed by atoms with E-state index in [2.05, 4.69) is 14.9 Å². The fraction of sp³-hybridized carbons (Fsp3) is 0.238. The van der Waals surface area contributed by atoms with Gasteiger partial charge < -0.3 is 14.2 Å². The summed E-state index contributed by atoms with van der Waals surface area (Å²) < 4.78 is 44.0. The monoisotopic (exact) mass is 429 g/mol. The first-order valence-electron chi connectivity index (χ1n) is 9.28. The molecule has 158 valence electrons. The molecular weight excluding hydrogens is 406 g/mol. The zero-order chi connectivity index (χ0) is 21.6. The molecule has 0 unspecified atom stereocenters. The van der Waals surface area contributed by atoms with Crippen molar-refractivity contribution in [1.82, 2.24) is 10.2 Å². The smallest absolute Gasteiger partial charge is 0.265 e. The van der Waals surface area contributed by atoms with Crippen molar-refractivity contribution >= 4 is 15.7 Å². The molecule has 0 aliphatic heterocycles. The Morgan fingerprint density at radius 3 is 2.30 bits per heavy atom. The molecule has 30 heavy (non-hydrogen) atoms. The normalized spacial score (nSPS) is 11.0. The summed E-state index contributed by atoms with van der Waals surface area (Å²) in [6.45, 7) is 2.60. The summed E-state index contributed by atoms with van der Waals surface area (Å²) in [4.78, 5) is -0.0121. The van der Waals surface area contributed by atoms with Gasteiger partial charge in [-0.25, -0.2) is 8.42 Å². The third kappa shape index (κ3) is 4.98. The van der Waals surface area contributed by atoms with E-state index in [1.54, 1.807) is 48.5 Å². The van der Waals surface area contributed by atoms with E-state index in [1.165, 1.54) is 20.3 Å². The summed E-state index contributed by atoms with van der Waals surface area (Å²) in [5, 5.41) is 8.19. The first kappa shape index (κ1) is 21.4. The van der Waals surface area contributed by atoms with E-state index in [-0.39, 0.29) is 10.6 Å². The van der Waals surface area contributed by atoms with Crippen LogP contribution in [0.5, 0.6) is 17.4 Å². The molecule has 0 saturated heterocycles. The zero-order valence-electron chi connectivity index (χ0n) is 17.0. The van der Waals surface area contributed by atoms with Gasteiger partial charge in [-0.3, -0.25) is 4.72 Å². The zero-order valence-corrected chi connectivity index (χ0v) is 17.8. The average Bonchev–Trinajstić information content (AvgIpc) is 2.78. The molecule has 0 aliphatic carbocycles. The highest BCUT2D eigenvalue weighted by Crippen LogP contribution is 2.30. The van der Waals surface area contributed by atoms with E-state index in [9.17, 15) is 8.42 Å². The van der Waals surface area contributed by atoms with Crippen molar-refractivity contribution < 1.29 is 22.6 Å². The van der Waals surface area contributed by atoms with Gasteiger partial charge in [-0.15, -0.1) is 10.2 Å². The molecule has 0 bridgehead atoms. The van der Waals surface area contributed by atoms with Crippen molar-refractivity contribution in [1.29, 1.82) is 0 Å². The number of methoxy groups -OCH3 is 2. The molecule has 0 aliphatic rings. The molecule has 0 saturated carbocycles. The Hall–Kier alpha value is -3.33. The Labute approximate surface area is 175 Å². The number of hydrogen-bond acceptors (Lipinski definition) is 7. The molecule has 0 spiro atoms. The van der Waals surface area contributed by atoms with Crippen LogP contribution in [-0.2, 0) is 10.0 Å². The van der Waals surface area contributed by atoms with E-state index in [1.807, 2.05) is 6.92 Å². The van der Waals surface area contributed by atoms with Gasteiger partial charge in [0.25, 0.3) is 10.0 Å². The molecule has 0 atom stereocenters. The van der Waals surface area contributed by atoms with E-state index >= 15 is 0 Å². The van der Waals surface area contributed by atoms with E-state index < -0.39 is 10.0 Å². The number of aromatic nitrogens is 2. The Kier molecular flexibility index (Phi) is 6.73. The molecule has 1 heterocycles. The Morgan fingerprint density at radius 2 is 1.70 bits per heavy atom. The van der Waals surface area contributed by atoms with E-state index in [4.69, 9.17) is 14.2 Å². The lowest BCUT2D eigenvalue weighted by atomic mass is 10.1. The van der Waals surface area contributed by atoms with Crippen LogP contribution in [0.25, 0.3) is 11.3 Å². The standard InChI is InChI=1S/C21H23N3O5S/c1-4-13-29-21-12-10-18(22-23-21)15-5-7-16(8-6-15)24-30(25,26)20-14-17(27-2)9-11-19(20)28-3/h5-12,14,24H,4,13H2,1-3H3. The van der Waals surface area contributed by atoms with Gasteiger partial charge in [0, 0.05) is 23.4 Å². The van der Waals surface area contributed by atoms with Crippen molar-refractivity contribution in [2.45, 2.75) is 18.2 Å². The number of rotatable bonds is 9. The van der Waals surface area contributed by atoms with E-state index in [0.29, 0.717) is 29.6 Å². The molecule has 0 amide bonds. The van der Waals surface area contributed by atoms with Gasteiger partial charge in [-0.1, -0.05) is 19.1 Å². The molecular formula is C21H23N3O5S. The predicted molar refractivity (Wildman–Crippen MR) is 114 cm³/mol. The summed E-state index contributed by atoms with van der Waals surface area (Å²) in [7, 11) is -1.00. The lowest BCUT2D eigenvalue weighted by Gasteiger charge is -2.13. The third-order valence-corrected chi connectivity index (χ3v) is 5.59. The quantitative estimate of drug-likeness (QED) is 0.553. The molecule has 0 fully saturated rings. The number of hydrogen-bond donors (Lipinski definition) is 1. The fourth-order valence-electron chi connectivity index (χ4n) is 2.67. The Bertz CT molecular complexity index is 1080. The number of nitrogens with zero attached hydrogens (tertiary/aromatic N) is 2. The molecule has 2 aromatic carbocycles. The summed E-state index contributed by atoms with van der Waals surface area (Å²) in [6.07, 6.45) is 0.891. The van der Waals surface area contributed by atoms with Gasteiger partial charge >= 0.3 is 0 Å². The summed E-state index contributed by atoms with van der Waals surface area (Å²) >= 11 is 0. The van der Waals surface area contributed by atoms with Crippen LogP contribution < -0.4 is 18.9 Å². The molecule has 9 heteroatoms. The highest BCUT2D eigenvalue weighted by molar-refractivity contribution is 7.92. The minimum atomic E-state index is -3.88. The summed E-state index contributed by atoms with van der Waals surface area (Å²) in [6, 6.07) is 15.0. The number of nitrogens with one attached hydrogen (secondary N) is 1. The molecule has 3 aromatic rings. The second-order valence-corrected chi connectivity index (χ2v) is 7.96. The topological polar surface area (TPSA) is 99.6 Å². The van der Waals surface area contributed by atoms with Crippen molar-refractivity contribution in [3.05, 3.63) is 54.6 Å². The van der Waals surface area contributed by atoms with Crippen molar-refractivity contribution in [2.75, 3.05) is 25.5 Å². The molecule has 8 nitrogen and oxygen atoms in total. The fourth-order valence-corrected chi connectivity index (χ4v) is 3.91. The van der Waals surface area contributed by atoms with Crippen LogP contribution in [0.15, 0.2) is 59.5 Å². The van der Waals surface area contributed by atoms with Crippen molar-refractivity contribution in [2.24, 2.45) is 0 Å². The second kappa shape index (κ2) is 9.45. The van der Waals surface area contributed by atoms with Crippen LogP contribution in [0.3, 0.4) is 0 Å².